The zero-order valence-corrected chi connectivity index (χ0v) is 16.7. The second-order valence-corrected chi connectivity index (χ2v) is 6.98. The third-order valence-electron chi connectivity index (χ3n) is 4.67. The van der Waals surface area contributed by atoms with Crippen LogP contribution in [-0.4, -0.2) is 23.1 Å². The van der Waals surface area contributed by atoms with E-state index in [-0.39, 0.29) is 11.7 Å². The van der Waals surface area contributed by atoms with Crippen LogP contribution in [0.5, 0.6) is 11.5 Å². The van der Waals surface area contributed by atoms with Crippen LogP contribution in [0.3, 0.4) is 0 Å². The number of carbonyl (C=O) groups excluding carboxylic acids is 1. The molecular weight excluding hydrogens is 376 g/mol. The van der Waals surface area contributed by atoms with Gasteiger partial charge in [-0.3, -0.25) is 9.78 Å². The van der Waals surface area contributed by atoms with Gasteiger partial charge in [-0.2, -0.15) is 0 Å². The first-order valence-corrected chi connectivity index (χ1v) is 9.62. The number of phenolic OH excluding ortho intramolecular Hbond substituents is 1. The fourth-order valence-corrected chi connectivity index (χ4v) is 3.40. The molecule has 5 nitrogen and oxygen atoms in total. The molecule has 0 bridgehead atoms. The lowest BCUT2D eigenvalue weighted by Gasteiger charge is -2.22. The monoisotopic (exact) mass is 398 g/mol. The molecule has 0 aliphatic rings. The van der Waals surface area contributed by atoms with Crippen molar-refractivity contribution in [3.8, 4) is 11.5 Å². The molecule has 1 amide bonds. The zero-order chi connectivity index (χ0) is 20.1. The number of hydrogen-bond donors (Lipinski definition) is 2. The highest BCUT2D eigenvalue weighted by Crippen LogP contribution is 2.38. The van der Waals surface area contributed by atoms with Crippen molar-refractivity contribution < 1.29 is 14.6 Å². The molecule has 0 spiro atoms. The minimum Gasteiger partial charge on any atom is -0.505 e. The second kappa shape index (κ2) is 8.93. The molecule has 0 aliphatic carbocycles. The molecular formula is C22H23ClN2O3. The van der Waals surface area contributed by atoms with Gasteiger partial charge in [0.1, 0.15) is 17.0 Å². The van der Waals surface area contributed by atoms with Crippen LogP contribution in [0, 0.1) is 0 Å². The lowest BCUT2D eigenvalue weighted by atomic mass is 9.95. The van der Waals surface area contributed by atoms with Crippen LogP contribution in [0.4, 0.5) is 0 Å². The van der Waals surface area contributed by atoms with Crippen LogP contribution in [-0.2, 0) is 4.79 Å². The molecule has 6 heteroatoms. The molecule has 146 valence electrons. The van der Waals surface area contributed by atoms with Gasteiger partial charge >= 0.3 is 0 Å². The standard InChI is InChI=1S/C22H23ClN2O3/c1-3-4-7-19(26)25-20(14-8-10-15(28-2)11-9-14)17-13-18(23)16-6-5-12-24-21(16)22(17)27/h5-6,8-13,20,27H,3-4,7H2,1-2H3,(H,25,26)/t20-/m1/s1. The number of fused-ring (bicyclic) bond motifs is 1. The van der Waals surface area contributed by atoms with Gasteiger partial charge in [-0.25, -0.2) is 0 Å². The number of amides is 1. The van der Waals surface area contributed by atoms with Crippen LogP contribution < -0.4 is 10.1 Å². The third-order valence-corrected chi connectivity index (χ3v) is 4.98. The first-order valence-electron chi connectivity index (χ1n) is 9.24. The summed E-state index contributed by atoms with van der Waals surface area (Å²) in [5.74, 6) is 0.637. The Labute approximate surface area is 169 Å². The van der Waals surface area contributed by atoms with Crippen LogP contribution in [0.25, 0.3) is 10.9 Å². The number of methoxy groups -OCH3 is 1. The Kier molecular flexibility index (Phi) is 6.37. The number of ether oxygens (including phenoxy) is 1. The van der Waals surface area contributed by atoms with Crippen molar-refractivity contribution in [2.75, 3.05) is 7.11 Å². The third kappa shape index (κ3) is 4.20. The lowest BCUT2D eigenvalue weighted by Crippen LogP contribution is -2.29. The van der Waals surface area contributed by atoms with Crippen LogP contribution >= 0.6 is 11.6 Å². The first-order chi connectivity index (χ1) is 13.5. The molecule has 3 rings (SSSR count). The van der Waals surface area contributed by atoms with Crippen molar-refractivity contribution in [3.05, 3.63) is 64.8 Å². The Bertz CT molecular complexity index is 973. The maximum Gasteiger partial charge on any atom is 0.220 e. The summed E-state index contributed by atoms with van der Waals surface area (Å²) in [5.41, 5.74) is 1.73. The van der Waals surface area contributed by atoms with Crippen molar-refractivity contribution in [1.82, 2.24) is 10.3 Å². The molecule has 1 atom stereocenters. The summed E-state index contributed by atoms with van der Waals surface area (Å²) in [6.45, 7) is 2.04. The highest BCUT2D eigenvalue weighted by Gasteiger charge is 2.23. The summed E-state index contributed by atoms with van der Waals surface area (Å²) < 4.78 is 5.22. The number of nitrogens with zero attached hydrogens (tertiary/aromatic N) is 1. The average molecular weight is 399 g/mol. The van der Waals surface area contributed by atoms with E-state index in [0.717, 1.165) is 18.4 Å². The van der Waals surface area contributed by atoms with Crippen LogP contribution in [0.15, 0.2) is 48.7 Å². The van der Waals surface area contributed by atoms with Gasteiger partial charge in [0.2, 0.25) is 5.91 Å². The zero-order valence-electron chi connectivity index (χ0n) is 15.9. The first kappa shape index (κ1) is 20.0. The van der Waals surface area contributed by atoms with Crippen molar-refractivity contribution in [1.29, 1.82) is 0 Å². The molecule has 0 fully saturated rings. The summed E-state index contributed by atoms with van der Waals surface area (Å²) in [6, 6.07) is 12.1. The van der Waals surface area contributed by atoms with Crippen molar-refractivity contribution in [2.24, 2.45) is 0 Å². The smallest absolute Gasteiger partial charge is 0.220 e. The van der Waals surface area contributed by atoms with E-state index in [9.17, 15) is 9.90 Å². The second-order valence-electron chi connectivity index (χ2n) is 6.57. The van der Waals surface area contributed by atoms with Crippen molar-refractivity contribution in [2.45, 2.75) is 32.2 Å². The van der Waals surface area contributed by atoms with Gasteiger partial charge in [0.25, 0.3) is 0 Å². The van der Waals surface area contributed by atoms with Gasteiger partial charge in [-0.1, -0.05) is 37.1 Å². The average Bonchev–Trinajstić information content (AvgIpc) is 2.73. The summed E-state index contributed by atoms with van der Waals surface area (Å²) in [6.07, 6.45) is 3.75. The van der Waals surface area contributed by atoms with Crippen molar-refractivity contribution in [3.63, 3.8) is 0 Å². The number of carbonyl (C=O) groups is 1. The van der Waals surface area contributed by atoms with E-state index in [2.05, 4.69) is 10.3 Å². The Balaban J connectivity index is 2.08. The Morgan fingerprint density at radius 3 is 2.71 bits per heavy atom. The Hall–Kier alpha value is -2.79. The maximum atomic E-state index is 12.5. The van der Waals surface area contributed by atoms with E-state index in [0.29, 0.717) is 33.7 Å². The number of aromatic hydroxyl groups is 1. The summed E-state index contributed by atoms with van der Waals surface area (Å²) in [7, 11) is 1.60. The summed E-state index contributed by atoms with van der Waals surface area (Å²) in [4.78, 5) is 16.7. The number of benzene rings is 2. The molecule has 1 heterocycles. The fraction of sp³-hybridized carbons (Fsp3) is 0.273. The quantitative estimate of drug-likeness (QED) is 0.587. The molecule has 0 radical (unpaired) electrons. The van der Waals surface area contributed by atoms with Gasteiger partial charge in [0.05, 0.1) is 18.2 Å². The summed E-state index contributed by atoms with van der Waals surface area (Å²) in [5, 5.41) is 15.1. The van der Waals surface area contributed by atoms with Crippen LogP contribution in [0.1, 0.15) is 43.4 Å². The highest BCUT2D eigenvalue weighted by molar-refractivity contribution is 6.35. The highest BCUT2D eigenvalue weighted by atomic mass is 35.5. The van der Waals surface area contributed by atoms with Gasteiger partial charge in [-0.15, -0.1) is 0 Å². The van der Waals surface area contributed by atoms with E-state index in [1.54, 1.807) is 31.5 Å². The molecule has 0 aliphatic heterocycles. The Morgan fingerprint density at radius 1 is 1.29 bits per heavy atom. The number of phenols is 1. The number of nitrogens with one attached hydrogen (secondary N) is 1. The number of aromatic nitrogens is 1. The topological polar surface area (TPSA) is 71.5 Å². The minimum absolute atomic E-state index is 0.0107. The number of halogens is 1. The van der Waals surface area contributed by atoms with Gasteiger partial charge in [0, 0.05) is 23.6 Å². The number of rotatable bonds is 7. The van der Waals surface area contributed by atoms with Gasteiger partial charge < -0.3 is 15.2 Å². The minimum atomic E-state index is -0.556. The lowest BCUT2D eigenvalue weighted by molar-refractivity contribution is -0.121. The van der Waals surface area contributed by atoms with Crippen LogP contribution in [0.2, 0.25) is 5.02 Å². The molecule has 1 aromatic heterocycles. The molecule has 2 N–H and O–H groups in total. The van der Waals surface area contributed by atoms with Gasteiger partial charge in [0.15, 0.2) is 0 Å². The fourth-order valence-electron chi connectivity index (χ4n) is 3.13. The molecule has 3 aromatic rings. The van der Waals surface area contributed by atoms with E-state index in [1.165, 1.54) is 0 Å². The van der Waals surface area contributed by atoms with Crippen molar-refractivity contribution >= 4 is 28.4 Å². The summed E-state index contributed by atoms with van der Waals surface area (Å²) >= 11 is 6.45. The molecule has 28 heavy (non-hydrogen) atoms. The van der Waals surface area contributed by atoms with E-state index in [1.807, 2.05) is 31.2 Å². The van der Waals surface area contributed by atoms with Gasteiger partial charge in [-0.05, 0) is 42.3 Å². The SMILES string of the molecule is CCCCC(=O)N[C@H](c1ccc(OC)cc1)c1cc(Cl)c2cccnc2c1O. The van der Waals surface area contributed by atoms with E-state index in [4.69, 9.17) is 16.3 Å². The number of pyridine rings is 1. The molecule has 2 aromatic carbocycles. The molecule has 0 saturated heterocycles. The number of hydrogen-bond acceptors (Lipinski definition) is 4. The Morgan fingerprint density at radius 2 is 2.04 bits per heavy atom. The van der Waals surface area contributed by atoms with E-state index < -0.39 is 6.04 Å². The maximum absolute atomic E-state index is 12.5. The largest absolute Gasteiger partial charge is 0.505 e. The predicted octanol–water partition coefficient (Wildman–Crippen LogP) is 5.00. The number of unbranched alkanes of at least 4 members (excludes halogenated alkanes) is 1. The molecule has 0 unspecified atom stereocenters. The van der Waals surface area contributed by atoms with E-state index >= 15 is 0 Å². The predicted molar refractivity (Wildman–Crippen MR) is 111 cm³/mol. The normalized spacial score (nSPS) is 12.0. The molecule has 0 saturated carbocycles.